The number of aliphatic hydroxyl groups is 2. The zero-order chi connectivity index (χ0) is 46.6. The number of fused-ring (bicyclic) bond motifs is 2. The third-order valence-corrected chi connectivity index (χ3v) is 12.9. The molecule has 5 aromatic carbocycles. The van der Waals surface area contributed by atoms with E-state index in [0.717, 1.165) is 50.2 Å². The van der Waals surface area contributed by atoms with Crippen LogP contribution in [0, 0.1) is 0 Å². The maximum absolute atomic E-state index is 11.9. The molecule has 1 unspecified atom stereocenters. The minimum absolute atomic E-state index is 0.00733. The van der Waals surface area contributed by atoms with Crippen LogP contribution in [-0.4, -0.2) is 82.8 Å². The van der Waals surface area contributed by atoms with Crippen molar-refractivity contribution in [3.05, 3.63) is 166 Å². The van der Waals surface area contributed by atoms with Gasteiger partial charge < -0.3 is 30.0 Å². The first kappa shape index (κ1) is 48.7. The number of hydrogen-bond acceptors (Lipinski definition) is 12. The number of nitrogens with one attached hydrogen (secondary N) is 2. The summed E-state index contributed by atoms with van der Waals surface area (Å²) >= 11 is 0. The van der Waals surface area contributed by atoms with Gasteiger partial charge in [-0.3, -0.25) is 18.8 Å². The van der Waals surface area contributed by atoms with E-state index in [2.05, 4.69) is 27.2 Å². The van der Waals surface area contributed by atoms with Crippen molar-refractivity contribution in [1.29, 1.82) is 0 Å². The second kappa shape index (κ2) is 21.9. The van der Waals surface area contributed by atoms with Gasteiger partial charge in [0.1, 0.15) is 21.3 Å². The summed E-state index contributed by atoms with van der Waals surface area (Å²) < 4.78 is 68.8. The summed E-state index contributed by atoms with van der Waals surface area (Å²) in [6, 6.07) is 32.8. The molecule has 65 heavy (non-hydrogen) atoms. The first-order valence-electron chi connectivity index (χ1n) is 21.2. The number of H-pyrrole nitrogens is 1. The van der Waals surface area contributed by atoms with Gasteiger partial charge in [-0.1, -0.05) is 123 Å². The van der Waals surface area contributed by atoms with Crippen LogP contribution in [0.2, 0.25) is 0 Å². The molecule has 0 saturated heterocycles. The summed E-state index contributed by atoms with van der Waals surface area (Å²) in [7, 11) is -6.86. The highest BCUT2D eigenvalue weighted by Gasteiger charge is 2.38. The number of phenols is 1. The number of aromatic hydroxyl groups is 1. The largest absolute Gasteiger partial charge is 0.506 e. The van der Waals surface area contributed by atoms with Crippen LogP contribution in [-0.2, 0) is 32.4 Å². The fourth-order valence-corrected chi connectivity index (χ4v) is 9.19. The lowest BCUT2D eigenvalue weighted by atomic mass is 9.86. The first-order chi connectivity index (χ1) is 31.1. The highest BCUT2D eigenvalue weighted by atomic mass is 32.2. The van der Waals surface area contributed by atoms with Crippen LogP contribution >= 0.6 is 0 Å². The highest BCUT2D eigenvalue weighted by Crippen LogP contribution is 2.36. The highest BCUT2D eigenvalue weighted by molar-refractivity contribution is 7.86. The monoisotopic (exact) mass is 926 g/mol. The van der Waals surface area contributed by atoms with Crippen LogP contribution in [0.5, 0.6) is 5.75 Å². The van der Waals surface area contributed by atoms with Gasteiger partial charge in [0, 0.05) is 28.8 Å². The standard InChI is InChI=1S/C38H46N4O5.C10H8O6S2/c1-42(27-30-25-40-37(47-30)38(46,28-15-9-7-10-16-28)29-17-11-8-12-18-29)24-14-6-4-2-3-5-13-23-39-26-34(44)31-19-21-33(43)36-32(31)20-22-35(45)41-36;11-17(12,13)9-5-1-3-7-8(9)4-2-6-10(7)18(14,15)16/h7-12,15-22,25,34,39,43-44,46H,2-6,13-14,23-24,26-27H2,1H3,(H,41,45);1-6H,(H,11,12,13)(H,14,15,16). The maximum atomic E-state index is 11.9. The third-order valence-electron chi connectivity index (χ3n) is 11.1. The molecular formula is C48H54N4O11S2. The lowest BCUT2D eigenvalue weighted by molar-refractivity contribution is 0.0900. The van der Waals surface area contributed by atoms with E-state index < -0.39 is 41.7 Å². The van der Waals surface area contributed by atoms with Crippen molar-refractivity contribution in [3.63, 3.8) is 0 Å². The normalized spacial score (nSPS) is 12.6. The van der Waals surface area contributed by atoms with Gasteiger partial charge >= 0.3 is 0 Å². The summed E-state index contributed by atoms with van der Waals surface area (Å²) in [4.78, 5) is 20.2. The van der Waals surface area contributed by atoms with Crippen LogP contribution in [0.25, 0.3) is 21.7 Å². The number of aromatic nitrogens is 2. The van der Waals surface area contributed by atoms with Gasteiger partial charge in [-0.15, -0.1) is 0 Å². The Kier molecular flexibility index (Phi) is 16.4. The molecule has 0 aliphatic heterocycles. The molecule has 0 amide bonds. The number of aromatic amines is 1. The molecule has 0 aliphatic rings. The number of hydrogen-bond donors (Lipinski definition) is 7. The van der Waals surface area contributed by atoms with Crippen LogP contribution in [0.1, 0.15) is 79.4 Å². The van der Waals surface area contributed by atoms with Crippen LogP contribution in [0.4, 0.5) is 0 Å². The maximum Gasteiger partial charge on any atom is 0.295 e. The van der Waals surface area contributed by atoms with E-state index in [1.807, 2.05) is 60.7 Å². The number of oxazole rings is 1. The van der Waals surface area contributed by atoms with Gasteiger partial charge in [0.2, 0.25) is 11.4 Å². The Labute approximate surface area is 377 Å². The Morgan fingerprint density at radius 3 is 1.83 bits per heavy atom. The van der Waals surface area contributed by atoms with Crippen molar-refractivity contribution >= 4 is 41.9 Å². The summed E-state index contributed by atoms with van der Waals surface area (Å²) in [5, 5.41) is 36.6. The molecule has 0 radical (unpaired) electrons. The quantitative estimate of drug-likeness (QED) is 0.0293. The smallest absolute Gasteiger partial charge is 0.295 e. The van der Waals surface area contributed by atoms with E-state index in [-0.39, 0.29) is 28.0 Å². The molecular weight excluding hydrogens is 873 g/mol. The van der Waals surface area contributed by atoms with Crippen LogP contribution in [0.15, 0.2) is 147 Å². The van der Waals surface area contributed by atoms with E-state index in [1.165, 1.54) is 62.1 Å². The summed E-state index contributed by atoms with van der Waals surface area (Å²) in [6.07, 6.45) is 9.02. The molecule has 15 nitrogen and oxygen atoms in total. The number of rotatable bonds is 20. The van der Waals surface area contributed by atoms with E-state index in [0.29, 0.717) is 40.7 Å². The molecule has 2 heterocycles. The topological polar surface area (TPSA) is 244 Å². The van der Waals surface area contributed by atoms with Crippen molar-refractivity contribution in [2.24, 2.45) is 0 Å². The first-order valence-corrected chi connectivity index (χ1v) is 24.1. The van der Waals surface area contributed by atoms with Gasteiger partial charge in [-0.25, -0.2) is 4.98 Å². The molecule has 0 saturated carbocycles. The fraction of sp³-hybridized carbons (Fsp3) is 0.292. The van der Waals surface area contributed by atoms with Crippen molar-refractivity contribution < 1.29 is 45.7 Å². The second-order valence-electron chi connectivity index (χ2n) is 15.8. The third kappa shape index (κ3) is 12.5. The van der Waals surface area contributed by atoms with Gasteiger partial charge in [0.25, 0.3) is 20.2 Å². The fourth-order valence-electron chi connectivity index (χ4n) is 7.78. The average Bonchev–Trinajstić information content (AvgIpc) is 3.76. The second-order valence-corrected chi connectivity index (χ2v) is 18.6. The number of phenolic OH excluding ortho intramolecular Hbond substituents is 1. The molecule has 0 spiro atoms. The molecule has 0 aliphatic carbocycles. The SMILES string of the molecule is CN(CCCCCCCCCNCC(O)c1ccc(O)c2[nH]c(=O)ccc12)Cc1cnc(C(O)(c2ccccc2)c2ccccc2)o1.O=S(=O)(O)c1cccc2c(S(=O)(=O)O)cccc12. The van der Waals surface area contributed by atoms with E-state index in [9.17, 15) is 36.9 Å². The van der Waals surface area contributed by atoms with Gasteiger partial charge in [0.05, 0.1) is 24.4 Å². The lowest BCUT2D eigenvalue weighted by Gasteiger charge is -2.26. The van der Waals surface area contributed by atoms with E-state index in [1.54, 1.807) is 18.3 Å². The Balaban J connectivity index is 0.000000324. The zero-order valence-corrected chi connectivity index (χ0v) is 37.5. The Bertz CT molecular complexity index is 2830. The van der Waals surface area contributed by atoms with Crippen LogP contribution < -0.4 is 10.9 Å². The van der Waals surface area contributed by atoms with Crippen molar-refractivity contribution in [2.45, 2.75) is 73.0 Å². The van der Waals surface area contributed by atoms with Gasteiger partial charge in [-0.2, -0.15) is 16.8 Å². The molecule has 0 bridgehead atoms. The molecule has 0 fully saturated rings. The molecule has 17 heteroatoms. The molecule has 7 rings (SSSR count). The molecule has 344 valence electrons. The number of aliphatic hydroxyl groups excluding tert-OH is 1. The molecule has 7 N–H and O–H groups in total. The van der Waals surface area contributed by atoms with Gasteiger partial charge in [0.15, 0.2) is 5.60 Å². The summed E-state index contributed by atoms with van der Waals surface area (Å²) in [6.45, 7) is 2.81. The Morgan fingerprint density at radius 1 is 0.708 bits per heavy atom. The van der Waals surface area contributed by atoms with Gasteiger partial charge in [-0.05, 0) is 73.9 Å². The van der Waals surface area contributed by atoms with E-state index >= 15 is 0 Å². The molecule has 2 aromatic heterocycles. The Hall–Kier alpha value is -5.76. The number of benzene rings is 5. The molecule has 1 atom stereocenters. The lowest BCUT2D eigenvalue weighted by Crippen LogP contribution is -2.29. The number of unbranched alkanes of at least 4 members (excludes halogenated alkanes) is 6. The summed E-state index contributed by atoms with van der Waals surface area (Å²) in [5.74, 6) is 0.989. The predicted octanol–water partition coefficient (Wildman–Crippen LogP) is 7.32. The van der Waals surface area contributed by atoms with Crippen molar-refractivity contribution in [2.75, 3.05) is 26.7 Å². The predicted molar refractivity (Wildman–Crippen MR) is 248 cm³/mol. The molecule has 7 aromatic rings. The average molecular weight is 927 g/mol. The number of pyridine rings is 1. The van der Waals surface area contributed by atoms with Crippen molar-refractivity contribution in [3.8, 4) is 5.75 Å². The van der Waals surface area contributed by atoms with E-state index in [4.69, 9.17) is 13.5 Å². The number of nitrogens with zero attached hydrogens (tertiary/aromatic N) is 2. The zero-order valence-electron chi connectivity index (χ0n) is 35.9. The minimum atomic E-state index is -4.47. The Morgan fingerprint density at radius 2 is 1.26 bits per heavy atom. The minimum Gasteiger partial charge on any atom is -0.506 e. The summed E-state index contributed by atoms with van der Waals surface area (Å²) in [5.41, 5.74) is 0.688. The van der Waals surface area contributed by atoms with Crippen molar-refractivity contribution in [1.82, 2.24) is 20.2 Å². The van der Waals surface area contributed by atoms with Crippen LogP contribution in [0.3, 0.4) is 0 Å².